The molecule has 1 saturated carbocycles. The molecule has 2 atom stereocenters. The molecule has 4 nitrogen and oxygen atoms in total. The molecule has 118 valence electrons. The van der Waals surface area contributed by atoms with Crippen molar-refractivity contribution in [3.8, 4) is 0 Å². The molecule has 0 amide bonds. The molecule has 2 N–H and O–H groups in total. The van der Waals surface area contributed by atoms with Gasteiger partial charge in [0, 0.05) is 25.4 Å². The van der Waals surface area contributed by atoms with Crippen LogP contribution in [-0.2, 0) is 16.4 Å². The van der Waals surface area contributed by atoms with E-state index < -0.39 is 9.84 Å². The van der Waals surface area contributed by atoms with Crippen LogP contribution in [0, 0.1) is 0 Å². The van der Waals surface area contributed by atoms with E-state index in [0.29, 0.717) is 6.54 Å². The molecule has 5 heteroatoms. The average Bonchev–Trinajstić information content (AvgIpc) is 2.94. The highest BCUT2D eigenvalue weighted by Crippen LogP contribution is 2.30. The fourth-order valence-electron chi connectivity index (χ4n) is 3.30. The third-order valence-electron chi connectivity index (χ3n) is 4.31. The zero-order valence-electron chi connectivity index (χ0n) is 12.7. The Hall–Kier alpha value is -0.910. The monoisotopic (exact) mass is 310 g/mol. The van der Waals surface area contributed by atoms with Crippen LogP contribution >= 0.6 is 0 Å². The van der Waals surface area contributed by atoms with Crippen molar-refractivity contribution in [2.24, 2.45) is 5.73 Å². The number of benzene rings is 1. The zero-order chi connectivity index (χ0) is 15.3. The van der Waals surface area contributed by atoms with E-state index in [2.05, 4.69) is 17.0 Å². The van der Waals surface area contributed by atoms with Crippen LogP contribution in [0.25, 0.3) is 0 Å². The molecule has 0 bridgehead atoms. The summed E-state index contributed by atoms with van der Waals surface area (Å²) in [5.74, 6) is 0. The molecule has 21 heavy (non-hydrogen) atoms. The number of sulfone groups is 1. The molecular weight excluding hydrogens is 284 g/mol. The largest absolute Gasteiger partial charge is 0.330 e. The summed E-state index contributed by atoms with van der Waals surface area (Å²) in [6, 6.07) is 10.4. The van der Waals surface area contributed by atoms with Crippen molar-refractivity contribution in [1.82, 2.24) is 4.90 Å². The molecule has 0 aliphatic heterocycles. The fourth-order valence-corrected chi connectivity index (χ4v) is 4.77. The molecular formula is C16H26N2O2S. The summed E-state index contributed by atoms with van der Waals surface area (Å²) in [5.41, 5.74) is 6.87. The fraction of sp³-hybridized carbons (Fsp3) is 0.625. The Balaban J connectivity index is 2.15. The summed E-state index contributed by atoms with van der Waals surface area (Å²) < 4.78 is 24.0. The Labute approximate surface area is 128 Å². The third kappa shape index (κ3) is 4.53. The first-order valence-electron chi connectivity index (χ1n) is 7.69. The predicted molar refractivity (Wildman–Crippen MR) is 86.8 cm³/mol. The van der Waals surface area contributed by atoms with Crippen LogP contribution in [0.2, 0.25) is 0 Å². The van der Waals surface area contributed by atoms with Gasteiger partial charge in [0.1, 0.15) is 0 Å². The molecule has 1 aliphatic carbocycles. The first-order valence-corrected chi connectivity index (χ1v) is 9.64. The predicted octanol–water partition coefficient (Wildman–Crippen LogP) is 1.80. The lowest BCUT2D eigenvalue weighted by Crippen LogP contribution is -2.44. The summed E-state index contributed by atoms with van der Waals surface area (Å²) >= 11 is 0. The Kier molecular flexibility index (Phi) is 5.79. The van der Waals surface area contributed by atoms with Gasteiger partial charge in [0.15, 0.2) is 9.84 Å². The number of nitrogens with two attached hydrogens (primary N) is 1. The highest BCUT2D eigenvalue weighted by atomic mass is 32.2. The number of nitrogens with zero attached hydrogens (tertiary/aromatic N) is 1. The molecule has 0 heterocycles. The minimum Gasteiger partial charge on any atom is -0.330 e. The Morgan fingerprint density at radius 1 is 1.24 bits per heavy atom. The van der Waals surface area contributed by atoms with E-state index >= 15 is 0 Å². The van der Waals surface area contributed by atoms with Crippen molar-refractivity contribution < 1.29 is 8.42 Å². The molecule has 2 unspecified atom stereocenters. The van der Waals surface area contributed by atoms with Gasteiger partial charge in [-0.05, 0) is 31.4 Å². The van der Waals surface area contributed by atoms with Crippen LogP contribution in [0.3, 0.4) is 0 Å². The first-order chi connectivity index (χ1) is 10.0. The second-order valence-electron chi connectivity index (χ2n) is 5.96. The van der Waals surface area contributed by atoms with Crippen LogP contribution in [0.1, 0.15) is 31.2 Å². The number of rotatable bonds is 7. The van der Waals surface area contributed by atoms with Crippen molar-refractivity contribution in [3.05, 3.63) is 35.9 Å². The lowest BCUT2D eigenvalue weighted by Gasteiger charge is -2.32. The van der Waals surface area contributed by atoms with E-state index in [0.717, 1.165) is 38.8 Å². The summed E-state index contributed by atoms with van der Waals surface area (Å²) in [7, 11) is -2.99. The second kappa shape index (κ2) is 7.38. The normalized spacial score (nSPS) is 22.8. The number of hydrogen-bond acceptors (Lipinski definition) is 4. The minimum atomic E-state index is -2.99. The van der Waals surface area contributed by atoms with Crippen molar-refractivity contribution in [1.29, 1.82) is 0 Å². The van der Waals surface area contributed by atoms with Gasteiger partial charge in [-0.3, -0.25) is 4.90 Å². The summed E-state index contributed by atoms with van der Waals surface area (Å²) in [5, 5.41) is -0.223. The molecule has 0 saturated heterocycles. The lowest BCUT2D eigenvalue weighted by molar-refractivity contribution is 0.190. The van der Waals surface area contributed by atoms with E-state index in [4.69, 9.17) is 5.73 Å². The van der Waals surface area contributed by atoms with Gasteiger partial charge in [0.25, 0.3) is 0 Å². The van der Waals surface area contributed by atoms with Crippen LogP contribution < -0.4 is 5.73 Å². The second-order valence-corrected chi connectivity index (χ2v) is 8.23. The maximum Gasteiger partial charge on any atom is 0.151 e. The SMILES string of the molecule is CS(=O)(=O)C1CCCC1N(CCCN)Cc1ccccc1. The first kappa shape index (κ1) is 16.5. The number of hydrogen-bond donors (Lipinski definition) is 1. The zero-order valence-corrected chi connectivity index (χ0v) is 13.6. The van der Waals surface area contributed by atoms with Gasteiger partial charge < -0.3 is 5.73 Å². The molecule has 1 aromatic rings. The van der Waals surface area contributed by atoms with Gasteiger partial charge in [-0.2, -0.15) is 0 Å². The van der Waals surface area contributed by atoms with E-state index in [-0.39, 0.29) is 11.3 Å². The summed E-state index contributed by atoms with van der Waals surface area (Å²) in [6.45, 7) is 2.31. The molecule has 1 aliphatic rings. The van der Waals surface area contributed by atoms with E-state index in [1.165, 1.54) is 11.8 Å². The quantitative estimate of drug-likeness (QED) is 0.834. The smallest absolute Gasteiger partial charge is 0.151 e. The minimum absolute atomic E-state index is 0.131. The average molecular weight is 310 g/mol. The maximum absolute atomic E-state index is 12.0. The molecule has 0 radical (unpaired) electrons. The van der Waals surface area contributed by atoms with Gasteiger partial charge in [-0.25, -0.2) is 8.42 Å². The summed E-state index contributed by atoms with van der Waals surface area (Å²) in [6.07, 6.45) is 5.03. The van der Waals surface area contributed by atoms with Crippen LogP contribution in [0.4, 0.5) is 0 Å². The Morgan fingerprint density at radius 2 is 1.95 bits per heavy atom. The van der Waals surface area contributed by atoms with Gasteiger partial charge in [-0.1, -0.05) is 36.8 Å². The van der Waals surface area contributed by atoms with Crippen molar-refractivity contribution in [2.45, 2.75) is 43.5 Å². The van der Waals surface area contributed by atoms with Crippen molar-refractivity contribution in [2.75, 3.05) is 19.3 Å². The molecule has 0 aromatic heterocycles. The van der Waals surface area contributed by atoms with Gasteiger partial charge in [0.2, 0.25) is 0 Å². The Bertz CT molecular complexity index is 530. The lowest BCUT2D eigenvalue weighted by atomic mass is 10.1. The molecule has 0 spiro atoms. The standard InChI is InChI=1S/C16H26N2O2S/c1-21(19,20)16-10-5-9-15(16)18(12-6-11-17)13-14-7-3-2-4-8-14/h2-4,7-8,15-16H,5-6,9-13,17H2,1H3. The van der Waals surface area contributed by atoms with Crippen LogP contribution in [0.5, 0.6) is 0 Å². The molecule has 2 rings (SSSR count). The van der Waals surface area contributed by atoms with Crippen molar-refractivity contribution in [3.63, 3.8) is 0 Å². The topological polar surface area (TPSA) is 63.4 Å². The summed E-state index contributed by atoms with van der Waals surface area (Å²) in [4.78, 5) is 2.32. The highest BCUT2D eigenvalue weighted by molar-refractivity contribution is 7.91. The van der Waals surface area contributed by atoms with Crippen molar-refractivity contribution >= 4 is 9.84 Å². The molecule has 1 aromatic carbocycles. The third-order valence-corrected chi connectivity index (χ3v) is 5.96. The molecule has 1 fully saturated rings. The van der Waals surface area contributed by atoms with Crippen LogP contribution in [0.15, 0.2) is 30.3 Å². The van der Waals surface area contributed by atoms with E-state index in [9.17, 15) is 8.42 Å². The van der Waals surface area contributed by atoms with Gasteiger partial charge in [0.05, 0.1) is 5.25 Å². The van der Waals surface area contributed by atoms with Gasteiger partial charge >= 0.3 is 0 Å². The van der Waals surface area contributed by atoms with E-state index in [1.54, 1.807) is 0 Å². The maximum atomic E-state index is 12.0. The van der Waals surface area contributed by atoms with Crippen LogP contribution in [-0.4, -0.2) is 44.0 Å². The van der Waals surface area contributed by atoms with Gasteiger partial charge in [-0.15, -0.1) is 0 Å². The Morgan fingerprint density at radius 3 is 2.57 bits per heavy atom. The van der Waals surface area contributed by atoms with E-state index in [1.807, 2.05) is 18.2 Å². The highest BCUT2D eigenvalue weighted by Gasteiger charge is 2.38.